The molecule has 0 amide bonds. The van der Waals surface area contributed by atoms with E-state index in [0.29, 0.717) is 11.4 Å². The van der Waals surface area contributed by atoms with Gasteiger partial charge >= 0.3 is 5.97 Å². The lowest BCUT2D eigenvalue weighted by Gasteiger charge is -2.26. The van der Waals surface area contributed by atoms with Gasteiger partial charge in [-0.25, -0.2) is 17.5 Å². The monoisotopic (exact) mass is 373 g/mol. The highest BCUT2D eigenvalue weighted by Crippen LogP contribution is 2.37. The van der Waals surface area contributed by atoms with E-state index in [1.165, 1.54) is 16.8 Å². The molecule has 0 heterocycles. The molecular weight excluding hydrogens is 350 g/mol. The van der Waals surface area contributed by atoms with Crippen LogP contribution in [0.25, 0.3) is 0 Å². The average molecular weight is 373 g/mol. The number of nitrogens with zero attached hydrogens (tertiary/aromatic N) is 1. The number of carboxylic acid groups (broad SMARTS) is 1. The summed E-state index contributed by atoms with van der Waals surface area (Å²) in [4.78, 5) is 11.6. The van der Waals surface area contributed by atoms with Crippen molar-refractivity contribution < 1.29 is 18.3 Å². The average Bonchev–Trinajstić information content (AvgIpc) is 2.62. The van der Waals surface area contributed by atoms with Gasteiger partial charge in [0.2, 0.25) is 10.0 Å². The SMILES string of the molecule is CS(=O)(=O)N(c1ccccc1)c1cc(C(=O)O)cc(C2CCCCC2)c1. The maximum atomic E-state index is 12.5. The molecule has 3 rings (SSSR count). The van der Waals surface area contributed by atoms with Crippen LogP contribution in [0.5, 0.6) is 0 Å². The number of anilines is 2. The number of carboxylic acids is 1. The maximum Gasteiger partial charge on any atom is 0.335 e. The molecule has 2 aromatic rings. The molecule has 138 valence electrons. The van der Waals surface area contributed by atoms with Gasteiger partial charge in [-0.05, 0) is 54.7 Å². The first-order valence-electron chi connectivity index (χ1n) is 8.80. The van der Waals surface area contributed by atoms with Crippen LogP contribution in [-0.4, -0.2) is 25.7 Å². The first-order chi connectivity index (χ1) is 12.4. The summed E-state index contributed by atoms with van der Waals surface area (Å²) in [6.45, 7) is 0. The molecule has 1 aliphatic rings. The number of benzene rings is 2. The Bertz CT molecular complexity index is 887. The Hall–Kier alpha value is -2.34. The summed E-state index contributed by atoms with van der Waals surface area (Å²) >= 11 is 0. The molecule has 26 heavy (non-hydrogen) atoms. The molecule has 1 aliphatic carbocycles. The lowest BCUT2D eigenvalue weighted by Crippen LogP contribution is -2.25. The van der Waals surface area contributed by atoms with E-state index in [1.807, 2.05) is 12.1 Å². The van der Waals surface area contributed by atoms with Gasteiger partial charge in [-0.1, -0.05) is 37.5 Å². The van der Waals surface area contributed by atoms with Crippen molar-refractivity contribution in [1.82, 2.24) is 0 Å². The van der Waals surface area contributed by atoms with Crippen LogP contribution in [0.3, 0.4) is 0 Å². The fraction of sp³-hybridized carbons (Fsp3) is 0.350. The van der Waals surface area contributed by atoms with Crippen LogP contribution in [0.1, 0.15) is 53.9 Å². The third-order valence-corrected chi connectivity index (χ3v) is 5.91. The predicted octanol–water partition coefficient (Wildman–Crippen LogP) is 4.53. The summed E-state index contributed by atoms with van der Waals surface area (Å²) in [5.74, 6) is -0.774. The van der Waals surface area contributed by atoms with Crippen molar-refractivity contribution in [2.24, 2.45) is 0 Å². The first kappa shape index (κ1) is 18.5. The standard InChI is InChI=1S/C20H23NO4S/c1-26(24,25)21(18-10-6-3-7-11-18)19-13-16(12-17(14-19)20(22)23)15-8-4-2-5-9-15/h3,6-7,10-15H,2,4-5,8-9H2,1H3,(H,22,23). The lowest BCUT2D eigenvalue weighted by molar-refractivity contribution is 0.0696. The van der Waals surface area contributed by atoms with Crippen molar-refractivity contribution in [2.75, 3.05) is 10.6 Å². The second-order valence-corrected chi connectivity index (χ2v) is 8.65. The second kappa shape index (κ2) is 7.50. The molecule has 1 N–H and O–H groups in total. The third kappa shape index (κ3) is 4.07. The molecule has 6 heteroatoms. The van der Waals surface area contributed by atoms with E-state index >= 15 is 0 Å². The summed E-state index contributed by atoms with van der Waals surface area (Å²) in [5.41, 5.74) is 1.89. The van der Waals surface area contributed by atoms with Gasteiger partial charge in [-0.2, -0.15) is 0 Å². The Labute approximate surface area is 154 Å². The van der Waals surface area contributed by atoms with Crippen molar-refractivity contribution >= 4 is 27.4 Å². The minimum absolute atomic E-state index is 0.118. The Kier molecular flexibility index (Phi) is 5.32. The Morgan fingerprint density at radius 2 is 1.65 bits per heavy atom. The number of sulfonamides is 1. The number of carbonyl (C=O) groups is 1. The van der Waals surface area contributed by atoms with Crippen LogP contribution in [0.2, 0.25) is 0 Å². The first-order valence-corrected chi connectivity index (χ1v) is 10.6. The smallest absolute Gasteiger partial charge is 0.335 e. The van der Waals surface area contributed by atoms with Gasteiger partial charge in [-0.15, -0.1) is 0 Å². The van der Waals surface area contributed by atoms with Crippen molar-refractivity contribution in [3.05, 3.63) is 59.7 Å². The number of para-hydroxylation sites is 1. The fourth-order valence-corrected chi connectivity index (χ4v) is 4.64. The zero-order valence-electron chi connectivity index (χ0n) is 14.8. The van der Waals surface area contributed by atoms with E-state index in [2.05, 4.69) is 0 Å². The van der Waals surface area contributed by atoms with Gasteiger partial charge in [0.05, 0.1) is 23.2 Å². The minimum Gasteiger partial charge on any atom is -0.478 e. The van der Waals surface area contributed by atoms with Crippen LogP contribution in [-0.2, 0) is 10.0 Å². The summed E-state index contributed by atoms with van der Waals surface area (Å²) in [6.07, 6.45) is 6.58. The molecule has 1 saturated carbocycles. The van der Waals surface area contributed by atoms with E-state index in [0.717, 1.165) is 37.5 Å². The van der Waals surface area contributed by atoms with Crippen LogP contribution in [0.15, 0.2) is 48.5 Å². The second-order valence-electron chi connectivity index (χ2n) is 6.82. The number of hydrogen-bond donors (Lipinski definition) is 1. The minimum atomic E-state index is -3.62. The van der Waals surface area contributed by atoms with Crippen molar-refractivity contribution in [3.63, 3.8) is 0 Å². The number of aromatic carboxylic acids is 1. The molecule has 0 saturated heterocycles. The lowest BCUT2D eigenvalue weighted by atomic mass is 9.83. The number of rotatable bonds is 5. The molecule has 0 spiro atoms. The highest BCUT2D eigenvalue weighted by atomic mass is 32.2. The van der Waals surface area contributed by atoms with Gasteiger partial charge in [0, 0.05) is 0 Å². The zero-order chi connectivity index (χ0) is 18.7. The Morgan fingerprint density at radius 3 is 2.23 bits per heavy atom. The molecular formula is C20H23NO4S. The highest BCUT2D eigenvalue weighted by molar-refractivity contribution is 7.92. The highest BCUT2D eigenvalue weighted by Gasteiger charge is 2.24. The fourth-order valence-electron chi connectivity index (χ4n) is 3.64. The Balaban J connectivity index is 2.14. The molecule has 0 unspecified atom stereocenters. The summed E-state index contributed by atoms with van der Waals surface area (Å²) in [7, 11) is -3.62. The molecule has 1 fully saturated rings. The van der Waals surface area contributed by atoms with Gasteiger partial charge < -0.3 is 5.11 Å². The topological polar surface area (TPSA) is 74.7 Å². The summed E-state index contributed by atoms with van der Waals surface area (Å²) < 4.78 is 26.2. The van der Waals surface area contributed by atoms with Crippen molar-refractivity contribution in [2.45, 2.75) is 38.0 Å². The molecule has 0 aliphatic heterocycles. The van der Waals surface area contributed by atoms with E-state index in [-0.39, 0.29) is 11.5 Å². The van der Waals surface area contributed by atoms with Crippen molar-refractivity contribution in [1.29, 1.82) is 0 Å². The van der Waals surface area contributed by atoms with E-state index < -0.39 is 16.0 Å². The zero-order valence-corrected chi connectivity index (χ0v) is 15.6. The van der Waals surface area contributed by atoms with E-state index in [4.69, 9.17) is 0 Å². The van der Waals surface area contributed by atoms with Crippen molar-refractivity contribution in [3.8, 4) is 0 Å². The summed E-state index contributed by atoms with van der Waals surface area (Å²) in [6, 6.07) is 13.7. The largest absolute Gasteiger partial charge is 0.478 e. The molecule has 0 aromatic heterocycles. The predicted molar refractivity (Wildman–Crippen MR) is 103 cm³/mol. The maximum absolute atomic E-state index is 12.5. The van der Waals surface area contributed by atoms with Gasteiger partial charge in [-0.3, -0.25) is 0 Å². The van der Waals surface area contributed by atoms with Crippen LogP contribution >= 0.6 is 0 Å². The molecule has 0 atom stereocenters. The van der Waals surface area contributed by atoms with Gasteiger partial charge in [0.1, 0.15) is 0 Å². The van der Waals surface area contributed by atoms with Crippen LogP contribution < -0.4 is 4.31 Å². The molecule has 5 nitrogen and oxygen atoms in total. The van der Waals surface area contributed by atoms with E-state index in [9.17, 15) is 18.3 Å². The van der Waals surface area contributed by atoms with Gasteiger partial charge in [0.15, 0.2) is 0 Å². The van der Waals surface area contributed by atoms with Crippen LogP contribution in [0, 0.1) is 0 Å². The van der Waals surface area contributed by atoms with Crippen LogP contribution in [0.4, 0.5) is 11.4 Å². The quantitative estimate of drug-likeness (QED) is 0.835. The third-order valence-electron chi connectivity index (χ3n) is 4.82. The van der Waals surface area contributed by atoms with E-state index in [1.54, 1.807) is 30.3 Å². The Morgan fingerprint density at radius 1 is 1.00 bits per heavy atom. The normalized spacial score (nSPS) is 15.6. The molecule has 2 aromatic carbocycles. The molecule has 0 bridgehead atoms. The summed E-state index contributed by atoms with van der Waals surface area (Å²) in [5, 5.41) is 9.52. The van der Waals surface area contributed by atoms with Gasteiger partial charge in [0.25, 0.3) is 0 Å². The number of hydrogen-bond acceptors (Lipinski definition) is 3. The molecule has 0 radical (unpaired) electrons.